The Labute approximate surface area is 172 Å². The van der Waals surface area contributed by atoms with Crippen molar-refractivity contribution in [1.29, 1.82) is 0 Å². The molecule has 0 aliphatic carbocycles. The van der Waals surface area contributed by atoms with Crippen molar-refractivity contribution in [2.45, 2.75) is 9.79 Å². The van der Waals surface area contributed by atoms with E-state index in [0.717, 1.165) is 33.5 Å². The lowest BCUT2D eigenvalue weighted by molar-refractivity contribution is 1.10. The Morgan fingerprint density at radius 1 is 0.586 bits per heavy atom. The molecule has 0 radical (unpaired) electrons. The van der Waals surface area contributed by atoms with Crippen LogP contribution in [0.2, 0.25) is 0 Å². The van der Waals surface area contributed by atoms with Crippen molar-refractivity contribution in [2.75, 3.05) is 0 Å². The SMILES string of the molecule is c1ccc(Sc2cccc(-n3c4ccccc4n4c5ccccc5nc34)c2)cc1. The van der Waals surface area contributed by atoms with E-state index in [2.05, 4.69) is 100.0 Å². The van der Waals surface area contributed by atoms with Crippen molar-refractivity contribution in [2.24, 2.45) is 0 Å². The summed E-state index contributed by atoms with van der Waals surface area (Å²) in [6.45, 7) is 0. The molecular weight excluding hydrogens is 374 g/mol. The summed E-state index contributed by atoms with van der Waals surface area (Å²) in [4.78, 5) is 7.41. The largest absolute Gasteiger partial charge is 0.278 e. The van der Waals surface area contributed by atoms with E-state index in [1.807, 2.05) is 12.1 Å². The van der Waals surface area contributed by atoms with Gasteiger partial charge < -0.3 is 0 Å². The third-order valence-electron chi connectivity index (χ3n) is 5.16. The van der Waals surface area contributed by atoms with Crippen molar-refractivity contribution in [1.82, 2.24) is 14.0 Å². The van der Waals surface area contributed by atoms with Gasteiger partial charge in [0.25, 0.3) is 0 Å². The van der Waals surface area contributed by atoms with Crippen molar-refractivity contribution < 1.29 is 0 Å². The van der Waals surface area contributed by atoms with E-state index in [1.54, 1.807) is 11.8 Å². The van der Waals surface area contributed by atoms with E-state index in [0.29, 0.717) is 0 Å². The number of benzene rings is 4. The second-order valence-electron chi connectivity index (χ2n) is 6.97. The summed E-state index contributed by atoms with van der Waals surface area (Å²) >= 11 is 1.77. The quantitative estimate of drug-likeness (QED) is 0.340. The first-order valence-corrected chi connectivity index (χ1v) is 10.4. The molecule has 0 saturated carbocycles. The van der Waals surface area contributed by atoms with Gasteiger partial charge >= 0.3 is 0 Å². The molecule has 6 aromatic rings. The van der Waals surface area contributed by atoms with Crippen LogP contribution in [0.25, 0.3) is 33.5 Å². The van der Waals surface area contributed by atoms with Gasteiger partial charge in [-0.05, 0) is 54.6 Å². The van der Waals surface area contributed by atoms with Crippen LogP contribution >= 0.6 is 11.8 Å². The van der Waals surface area contributed by atoms with Crippen LogP contribution in [0.5, 0.6) is 0 Å². The highest BCUT2D eigenvalue weighted by molar-refractivity contribution is 7.99. The summed E-state index contributed by atoms with van der Waals surface area (Å²) in [5.74, 6) is 0.939. The van der Waals surface area contributed by atoms with Gasteiger partial charge in [-0.2, -0.15) is 0 Å². The highest BCUT2D eigenvalue weighted by atomic mass is 32.2. The Hall–Kier alpha value is -3.50. The lowest BCUT2D eigenvalue weighted by Gasteiger charge is -2.08. The highest BCUT2D eigenvalue weighted by Crippen LogP contribution is 2.32. The average molecular weight is 391 g/mol. The zero-order valence-electron chi connectivity index (χ0n) is 15.6. The number of fused-ring (bicyclic) bond motifs is 5. The minimum absolute atomic E-state index is 0.939. The zero-order chi connectivity index (χ0) is 19.2. The molecule has 0 aliphatic rings. The first kappa shape index (κ1) is 16.5. The second-order valence-corrected chi connectivity index (χ2v) is 8.12. The molecule has 4 heteroatoms. The maximum atomic E-state index is 4.96. The first-order valence-electron chi connectivity index (χ1n) is 9.58. The van der Waals surface area contributed by atoms with Gasteiger partial charge in [0.1, 0.15) is 0 Å². The van der Waals surface area contributed by atoms with E-state index in [-0.39, 0.29) is 0 Å². The summed E-state index contributed by atoms with van der Waals surface area (Å²) in [6, 6.07) is 36.0. The van der Waals surface area contributed by atoms with Gasteiger partial charge in [0.05, 0.1) is 27.8 Å². The number of imidazole rings is 2. The van der Waals surface area contributed by atoms with Crippen molar-refractivity contribution in [3.05, 3.63) is 103 Å². The molecule has 2 aromatic heterocycles. The summed E-state index contributed by atoms with van der Waals surface area (Å²) in [7, 11) is 0. The van der Waals surface area contributed by atoms with Crippen LogP contribution in [-0.2, 0) is 0 Å². The third-order valence-corrected chi connectivity index (χ3v) is 6.16. The fourth-order valence-electron chi connectivity index (χ4n) is 3.92. The molecule has 0 amide bonds. The van der Waals surface area contributed by atoms with Gasteiger partial charge in [0.15, 0.2) is 0 Å². The molecule has 0 unspecified atom stereocenters. The van der Waals surface area contributed by atoms with Crippen LogP contribution in [0.4, 0.5) is 0 Å². The van der Waals surface area contributed by atoms with Gasteiger partial charge in [-0.3, -0.25) is 8.97 Å². The molecule has 0 bridgehead atoms. The minimum atomic E-state index is 0.939. The Kier molecular flexibility index (Phi) is 3.71. The van der Waals surface area contributed by atoms with Gasteiger partial charge in [-0.15, -0.1) is 0 Å². The van der Waals surface area contributed by atoms with Crippen molar-refractivity contribution in [3.8, 4) is 5.69 Å². The zero-order valence-corrected chi connectivity index (χ0v) is 16.4. The standard InChI is InChI=1S/C25H17N3S/c1-2-10-19(11-3-1)29-20-12-8-9-18(17-20)27-23-15-6-7-16-24(23)28-22-14-5-4-13-21(22)26-25(27)28/h1-17H. The molecule has 29 heavy (non-hydrogen) atoms. The first-order chi connectivity index (χ1) is 14.4. The molecule has 0 atom stereocenters. The molecular formula is C25H17N3S. The smallest absolute Gasteiger partial charge is 0.220 e. The number of nitrogens with zero attached hydrogens (tertiary/aromatic N) is 3. The van der Waals surface area contributed by atoms with Crippen molar-refractivity contribution in [3.63, 3.8) is 0 Å². The fraction of sp³-hybridized carbons (Fsp3) is 0. The lowest BCUT2D eigenvalue weighted by atomic mass is 10.2. The molecule has 138 valence electrons. The average Bonchev–Trinajstić information content (AvgIpc) is 3.29. The maximum Gasteiger partial charge on any atom is 0.220 e. The number of aromatic nitrogens is 3. The lowest BCUT2D eigenvalue weighted by Crippen LogP contribution is -1.95. The molecule has 3 nitrogen and oxygen atoms in total. The number of para-hydroxylation sites is 4. The summed E-state index contributed by atoms with van der Waals surface area (Å²) in [5.41, 5.74) is 5.58. The Morgan fingerprint density at radius 2 is 1.28 bits per heavy atom. The highest BCUT2D eigenvalue weighted by Gasteiger charge is 2.16. The number of rotatable bonds is 3. The van der Waals surface area contributed by atoms with E-state index in [1.165, 1.54) is 9.79 Å². The summed E-state index contributed by atoms with van der Waals surface area (Å²) in [6.07, 6.45) is 0. The molecule has 0 spiro atoms. The molecule has 6 rings (SSSR count). The van der Waals surface area contributed by atoms with Gasteiger partial charge in [0, 0.05) is 9.79 Å². The van der Waals surface area contributed by atoms with Crippen LogP contribution in [0.1, 0.15) is 0 Å². The monoisotopic (exact) mass is 391 g/mol. The van der Waals surface area contributed by atoms with E-state index < -0.39 is 0 Å². The van der Waals surface area contributed by atoms with Crippen LogP contribution in [0.15, 0.2) is 113 Å². The van der Waals surface area contributed by atoms with E-state index >= 15 is 0 Å². The van der Waals surface area contributed by atoms with E-state index in [9.17, 15) is 0 Å². The minimum Gasteiger partial charge on any atom is -0.278 e. The van der Waals surface area contributed by atoms with Gasteiger partial charge in [-0.25, -0.2) is 4.98 Å². The van der Waals surface area contributed by atoms with Crippen LogP contribution in [0, 0.1) is 0 Å². The Balaban J connectivity index is 1.60. The predicted molar refractivity (Wildman–Crippen MR) is 120 cm³/mol. The van der Waals surface area contributed by atoms with Crippen molar-refractivity contribution >= 4 is 39.6 Å². The topological polar surface area (TPSA) is 22.2 Å². The molecule has 4 aromatic carbocycles. The maximum absolute atomic E-state index is 4.96. The van der Waals surface area contributed by atoms with Crippen LogP contribution < -0.4 is 0 Å². The van der Waals surface area contributed by atoms with Gasteiger partial charge in [0.2, 0.25) is 5.78 Å². The second kappa shape index (κ2) is 6.54. The normalized spacial score (nSPS) is 11.6. The fourth-order valence-corrected chi connectivity index (χ4v) is 4.81. The summed E-state index contributed by atoms with van der Waals surface area (Å²) in [5, 5.41) is 0. The number of hydrogen-bond donors (Lipinski definition) is 0. The summed E-state index contributed by atoms with van der Waals surface area (Å²) < 4.78 is 4.51. The number of hydrogen-bond acceptors (Lipinski definition) is 2. The molecule has 0 saturated heterocycles. The Morgan fingerprint density at radius 3 is 2.14 bits per heavy atom. The molecule has 0 N–H and O–H groups in total. The molecule has 0 fully saturated rings. The molecule has 0 aliphatic heterocycles. The molecule has 2 heterocycles. The van der Waals surface area contributed by atoms with Gasteiger partial charge in [-0.1, -0.05) is 60.3 Å². The predicted octanol–water partition coefficient (Wildman–Crippen LogP) is 6.58. The Bertz CT molecular complexity index is 1480. The third kappa shape index (κ3) is 2.64. The van der Waals surface area contributed by atoms with Crippen LogP contribution in [-0.4, -0.2) is 14.0 Å². The van der Waals surface area contributed by atoms with Crippen LogP contribution in [0.3, 0.4) is 0 Å². The van der Waals surface area contributed by atoms with E-state index in [4.69, 9.17) is 4.98 Å².